The Morgan fingerprint density at radius 1 is 1.53 bits per heavy atom. The van der Waals surface area contributed by atoms with Crippen LogP contribution in [0.2, 0.25) is 0 Å². The largest absolute Gasteiger partial charge is 0.399 e. The normalized spacial score (nSPS) is 14.3. The first-order valence-corrected chi connectivity index (χ1v) is 5.75. The lowest BCUT2D eigenvalue weighted by Gasteiger charge is -2.09. The molecule has 1 amide bonds. The number of benzene rings is 1. The Hall–Kier alpha value is -1.36. The third-order valence-electron chi connectivity index (χ3n) is 2.03. The second-order valence-corrected chi connectivity index (χ2v) is 4.90. The molecule has 4 nitrogen and oxygen atoms in total. The molecule has 3 N–H and O–H groups in total. The van der Waals surface area contributed by atoms with Crippen molar-refractivity contribution in [2.45, 2.75) is 17.1 Å². The Morgan fingerprint density at radius 2 is 2.20 bits per heavy atom. The van der Waals surface area contributed by atoms with E-state index < -0.39 is 16.0 Å². The van der Waals surface area contributed by atoms with E-state index in [0.717, 1.165) is 0 Å². The average molecular weight is 226 g/mol. The number of nitrogen functional groups attached to an aromatic ring is 1. The molecule has 5 heteroatoms. The molecule has 0 spiro atoms. The van der Waals surface area contributed by atoms with E-state index in [2.05, 4.69) is 5.32 Å². The highest BCUT2D eigenvalue weighted by molar-refractivity contribution is 7.86. The molecule has 1 aromatic rings. The zero-order chi connectivity index (χ0) is 11.4. The van der Waals surface area contributed by atoms with Gasteiger partial charge in [-0.25, -0.2) is 0 Å². The van der Waals surface area contributed by atoms with Crippen LogP contribution in [0.1, 0.15) is 6.92 Å². The molecule has 0 heterocycles. The van der Waals surface area contributed by atoms with Gasteiger partial charge in [-0.3, -0.25) is 9.00 Å². The van der Waals surface area contributed by atoms with Gasteiger partial charge >= 0.3 is 0 Å². The van der Waals surface area contributed by atoms with E-state index in [4.69, 9.17) is 5.73 Å². The molecule has 0 bridgehead atoms. The summed E-state index contributed by atoms with van der Waals surface area (Å²) in [6, 6.07) is 6.76. The fraction of sp³-hybridized carbons (Fsp3) is 0.300. The van der Waals surface area contributed by atoms with Crippen molar-refractivity contribution < 1.29 is 9.00 Å². The molecule has 0 saturated heterocycles. The molecule has 1 rings (SSSR count). The fourth-order valence-electron chi connectivity index (χ4n) is 1.14. The highest BCUT2D eigenvalue weighted by atomic mass is 32.2. The van der Waals surface area contributed by atoms with Crippen molar-refractivity contribution in [2.24, 2.45) is 0 Å². The number of nitrogens with two attached hydrogens (primary N) is 1. The van der Waals surface area contributed by atoms with Crippen LogP contribution in [0.5, 0.6) is 0 Å². The Kier molecular flexibility index (Phi) is 3.85. The second kappa shape index (κ2) is 4.93. The van der Waals surface area contributed by atoms with Gasteiger partial charge in [0, 0.05) is 17.6 Å². The van der Waals surface area contributed by atoms with Crippen LogP contribution in [0.4, 0.5) is 5.69 Å². The summed E-state index contributed by atoms with van der Waals surface area (Å²) in [7, 11) is 0.163. The maximum atomic E-state index is 11.9. The van der Waals surface area contributed by atoms with Crippen LogP contribution in [0.15, 0.2) is 29.2 Å². The zero-order valence-corrected chi connectivity index (χ0v) is 9.51. The topological polar surface area (TPSA) is 72.2 Å². The van der Waals surface area contributed by atoms with E-state index in [0.29, 0.717) is 10.6 Å². The minimum atomic E-state index is -1.36. The first-order chi connectivity index (χ1) is 7.06. The molecular formula is C10H14N2O2S. The SMILES string of the molecule is CNC(=O)C(C)S(=O)c1cccc(N)c1. The minimum Gasteiger partial charge on any atom is -0.399 e. The zero-order valence-electron chi connectivity index (χ0n) is 8.69. The van der Waals surface area contributed by atoms with Crippen molar-refractivity contribution in [1.29, 1.82) is 0 Å². The molecule has 0 aliphatic carbocycles. The lowest BCUT2D eigenvalue weighted by atomic mass is 10.3. The van der Waals surface area contributed by atoms with Gasteiger partial charge in [0.25, 0.3) is 0 Å². The summed E-state index contributed by atoms with van der Waals surface area (Å²) >= 11 is 0. The lowest BCUT2D eigenvalue weighted by Crippen LogP contribution is -2.32. The van der Waals surface area contributed by atoms with Gasteiger partial charge in [0.15, 0.2) is 0 Å². The smallest absolute Gasteiger partial charge is 0.235 e. The molecule has 0 aromatic heterocycles. The molecule has 0 aliphatic rings. The van der Waals surface area contributed by atoms with E-state index in [-0.39, 0.29) is 5.91 Å². The summed E-state index contributed by atoms with van der Waals surface area (Å²) in [5.41, 5.74) is 6.12. The summed E-state index contributed by atoms with van der Waals surface area (Å²) in [6.07, 6.45) is 0. The number of nitrogens with one attached hydrogen (secondary N) is 1. The average Bonchev–Trinajstić information content (AvgIpc) is 2.26. The van der Waals surface area contributed by atoms with Gasteiger partial charge in [-0.2, -0.15) is 0 Å². The highest BCUT2D eigenvalue weighted by Crippen LogP contribution is 2.14. The summed E-state index contributed by atoms with van der Waals surface area (Å²) in [4.78, 5) is 11.9. The number of amides is 1. The van der Waals surface area contributed by atoms with Crippen LogP contribution in [-0.2, 0) is 15.6 Å². The quantitative estimate of drug-likeness (QED) is 0.738. The van der Waals surface area contributed by atoms with Gasteiger partial charge in [-0.15, -0.1) is 0 Å². The van der Waals surface area contributed by atoms with Crippen LogP contribution < -0.4 is 11.1 Å². The molecule has 0 saturated carbocycles. The number of rotatable bonds is 3. The van der Waals surface area contributed by atoms with Crippen LogP contribution in [0.3, 0.4) is 0 Å². The van der Waals surface area contributed by atoms with E-state index in [1.54, 1.807) is 31.2 Å². The number of carbonyl (C=O) groups excluding carboxylic acids is 1. The maximum Gasteiger partial charge on any atom is 0.235 e. The molecular weight excluding hydrogens is 212 g/mol. The van der Waals surface area contributed by atoms with Gasteiger partial charge in [-0.1, -0.05) is 6.07 Å². The van der Waals surface area contributed by atoms with E-state index in [1.165, 1.54) is 7.05 Å². The van der Waals surface area contributed by atoms with Crippen molar-refractivity contribution >= 4 is 22.4 Å². The van der Waals surface area contributed by atoms with Gasteiger partial charge in [0.2, 0.25) is 5.91 Å². The number of anilines is 1. The molecule has 0 fully saturated rings. The summed E-state index contributed by atoms with van der Waals surface area (Å²) in [5.74, 6) is -0.240. The molecule has 2 atom stereocenters. The third kappa shape index (κ3) is 2.79. The number of carbonyl (C=O) groups is 1. The van der Waals surface area contributed by atoms with Gasteiger partial charge < -0.3 is 11.1 Å². The Morgan fingerprint density at radius 3 is 2.73 bits per heavy atom. The first kappa shape index (κ1) is 11.7. The molecule has 0 radical (unpaired) electrons. The predicted molar refractivity (Wildman–Crippen MR) is 60.8 cm³/mol. The van der Waals surface area contributed by atoms with Gasteiger partial charge in [0.1, 0.15) is 5.25 Å². The van der Waals surface area contributed by atoms with Crippen molar-refractivity contribution in [2.75, 3.05) is 12.8 Å². The van der Waals surface area contributed by atoms with Crippen molar-refractivity contribution in [3.8, 4) is 0 Å². The molecule has 2 unspecified atom stereocenters. The molecule has 1 aromatic carbocycles. The summed E-state index contributed by atoms with van der Waals surface area (Å²) in [6.45, 7) is 1.62. The maximum absolute atomic E-state index is 11.9. The Bertz CT molecular complexity index is 393. The summed E-state index contributed by atoms with van der Waals surface area (Å²) < 4.78 is 11.9. The van der Waals surface area contributed by atoms with Crippen molar-refractivity contribution in [1.82, 2.24) is 5.32 Å². The van der Waals surface area contributed by atoms with Crippen molar-refractivity contribution in [3.63, 3.8) is 0 Å². The van der Waals surface area contributed by atoms with Gasteiger partial charge in [0.05, 0.1) is 10.8 Å². The van der Waals surface area contributed by atoms with Crippen LogP contribution in [0, 0.1) is 0 Å². The van der Waals surface area contributed by atoms with Crippen LogP contribution >= 0.6 is 0 Å². The molecule has 0 aliphatic heterocycles. The van der Waals surface area contributed by atoms with Gasteiger partial charge in [-0.05, 0) is 25.1 Å². The number of hydrogen-bond donors (Lipinski definition) is 2. The highest BCUT2D eigenvalue weighted by Gasteiger charge is 2.20. The monoisotopic (exact) mass is 226 g/mol. The van der Waals surface area contributed by atoms with Crippen molar-refractivity contribution in [3.05, 3.63) is 24.3 Å². The van der Waals surface area contributed by atoms with Crippen LogP contribution in [-0.4, -0.2) is 22.4 Å². The first-order valence-electron chi connectivity index (χ1n) is 4.54. The predicted octanol–water partition coefficient (Wildman–Crippen LogP) is 0.511. The van der Waals surface area contributed by atoms with E-state index in [1.807, 2.05) is 0 Å². The molecule has 15 heavy (non-hydrogen) atoms. The van der Waals surface area contributed by atoms with E-state index in [9.17, 15) is 9.00 Å². The Labute approximate surface area is 91.3 Å². The third-order valence-corrected chi connectivity index (χ3v) is 3.60. The summed E-state index contributed by atoms with van der Waals surface area (Å²) in [5, 5.41) is 1.89. The van der Waals surface area contributed by atoms with Crippen LogP contribution in [0.25, 0.3) is 0 Å². The fourth-order valence-corrected chi connectivity index (χ4v) is 2.33. The Balaban J connectivity index is 2.90. The number of hydrogen-bond acceptors (Lipinski definition) is 3. The minimum absolute atomic E-state index is 0.240. The standard InChI is InChI=1S/C10H14N2O2S/c1-7(10(13)12-2)15(14)9-5-3-4-8(11)6-9/h3-7H,11H2,1-2H3,(H,12,13). The second-order valence-electron chi connectivity index (χ2n) is 3.13. The lowest BCUT2D eigenvalue weighted by molar-refractivity contribution is -0.119. The van der Waals surface area contributed by atoms with E-state index >= 15 is 0 Å². The molecule has 82 valence electrons.